The zero-order valence-corrected chi connectivity index (χ0v) is 11.2. The fraction of sp³-hybridized carbons (Fsp3) is 0.0625. The van der Waals surface area contributed by atoms with Crippen molar-refractivity contribution in [2.75, 3.05) is 11.4 Å². The molecule has 3 heteroatoms. The average molecular weight is 272 g/mol. The SMILES string of the molecule is C=CCN(C(=O)c1cccc(Cl)c1)c1ccccc1. The zero-order chi connectivity index (χ0) is 13.7. The van der Waals surface area contributed by atoms with Crippen molar-refractivity contribution in [2.45, 2.75) is 0 Å². The molecule has 19 heavy (non-hydrogen) atoms. The van der Waals surface area contributed by atoms with Gasteiger partial charge in [0.1, 0.15) is 0 Å². The van der Waals surface area contributed by atoms with E-state index in [1.165, 1.54) is 0 Å². The highest BCUT2D eigenvalue weighted by Gasteiger charge is 2.16. The van der Waals surface area contributed by atoms with E-state index in [-0.39, 0.29) is 5.91 Å². The molecule has 0 aliphatic heterocycles. The summed E-state index contributed by atoms with van der Waals surface area (Å²) < 4.78 is 0. The number of halogens is 1. The number of carbonyl (C=O) groups excluding carboxylic acids is 1. The number of para-hydroxylation sites is 1. The quantitative estimate of drug-likeness (QED) is 0.764. The Morgan fingerprint density at radius 1 is 1.16 bits per heavy atom. The predicted molar refractivity (Wildman–Crippen MR) is 79.8 cm³/mol. The third-order valence-electron chi connectivity index (χ3n) is 2.70. The number of carbonyl (C=O) groups is 1. The maximum atomic E-state index is 12.5. The van der Waals surface area contributed by atoms with Crippen molar-refractivity contribution in [1.82, 2.24) is 0 Å². The van der Waals surface area contributed by atoms with Gasteiger partial charge in [0, 0.05) is 22.8 Å². The van der Waals surface area contributed by atoms with Crippen LogP contribution in [0.2, 0.25) is 5.02 Å². The Bertz CT molecular complexity index is 580. The zero-order valence-electron chi connectivity index (χ0n) is 10.4. The Kier molecular flexibility index (Phi) is 4.37. The minimum absolute atomic E-state index is 0.0893. The largest absolute Gasteiger partial charge is 0.305 e. The first-order valence-corrected chi connectivity index (χ1v) is 6.33. The van der Waals surface area contributed by atoms with Crippen LogP contribution in [0.3, 0.4) is 0 Å². The van der Waals surface area contributed by atoms with Crippen LogP contribution in [0, 0.1) is 0 Å². The number of hydrogen-bond donors (Lipinski definition) is 0. The van der Waals surface area contributed by atoms with Crippen molar-refractivity contribution < 1.29 is 4.79 Å². The molecular weight excluding hydrogens is 258 g/mol. The monoisotopic (exact) mass is 271 g/mol. The standard InChI is InChI=1S/C16H14ClNO/c1-2-11-18(15-9-4-3-5-10-15)16(19)13-7-6-8-14(17)12-13/h2-10,12H,1,11H2. The van der Waals surface area contributed by atoms with E-state index < -0.39 is 0 Å². The first-order valence-electron chi connectivity index (χ1n) is 5.96. The van der Waals surface area contributed by atoms with Gasteiger partial charge in [-0.1, -0.05) is 41.9 Å². The summed E-state index contributed by atoms with van der Waals surface area (Å²) >= 11 is 5.93. The van der Waals surface area contributed by atoms with Gasteiger partial charge in [0.25, 0.3) is 5.91 Å². The first-order chi connectivity index (χ1) is 9.22. The predicted octanol–water partition coefficient (Wildman–Crippen LogP) is 4.17. The summed E-state index contributed by atoms with van der Waals surface area (Å²) in [5.41, 5.74) is 1.41. The van der Waals surface area contributed by atoms with Gasteiger partial charge in [-0.25, -0.2) is 0 Å². The molecule has 0 aliphatic carbocycles. The van der Waals surface area contributed by atoms with Crippen LogP contribution in [0.4, 0.5) is 5.69 Å². The lowest BCUT2D eigenvalue weighted by Crippen LogP contribution is -2.30. The highest BCUT2D eigenvalue weighted by Crippen LogP contribution is 2.18. The lowest BCUT2D eigenvalue weighted by molar-refractivity contribution is 0.0989. The van der Waals surface area contributed by atoms with E-state index in [0.29, 0.717) is 17.1 Å². The Labute approximate surface area is 117 Å². The summed E-state index contributed by atoms with van der Waals surface area (Å²) in [5.74, 6) is -0.0893. The molecule has 0 saturated carbocycles. The fourth-order valence-corrected chi connectivity index (χ4v) is 2.01. The molecule has 0 radical (unpaired) electrons. The van der Waals surface area contributed by atoms with Crippen molar-refractivity contribution in [3.63, 3.8) is 0 Å². The molecule has 0 bridgehead atoms. The Morgan fingerprint density at radius 3 is 2.53 bits per heavy atom. The fourth-order valence-electron chi connectivity index (χ4n) is 1.82. The smallest absolute Gasteiger partial charge is 0.258 e. The molecule has 0 unspecified atom stereocenters. The molecule has 96 valence electrons. The number of nitrogens with zero attached hydrogens (tertiary/aromatic N) is 1. The number of benzene rings is 2. The molecule has 0 fully saturated rings. The molecule has 0 aromatic heterocycles. The van der Waals surface area contributed by atoms with E-state index in [0.717, 1.165) is 5.69 Å². The van der Waals surface area contributed by atoms with Gasteiger partial charge in [0.2, 0.25) is 0 Å². The third kappa shape index (κ3) is 3.24. The molecule has 2 rings (SSSR count). The maximum Gasteiger partial charge on any atom is 0.258 e. The summed E-state index contributed by atoms with van der Waals surface area (Å²) in [7, 11) is 0. The van der Waals surface area contributed by atoms with E-state index in [1.54, 1.807) is 35.2 Å². The molecule has 0 heterocycles. The van der Waals surface area contributed by atoms with Gasteiger partial charge in [-0.05, 0) is 30.3 Å². The average Bonchev–Trinajstić information content (AvgIpc) is 2.45. The second kappa shape index (κ2) is 6.21. The van der Waals surface area contributed by atoms with Crippen LogP contribution in [0.25, 0.3) is 0 Å². The van der Waals surface area contributed by atoms with E-state index in [1.807, 2.05) is 30.3 Å². The van der Waals surface area contributed by atoms with Gasteiger partial charge in [-0.2, -0.15) is 0 Å². The minimum Gasteiger partial charge on any atom is -0.305 e. The van der Waals surface area contributed by atoms with E-state index in [4.69, 9.17) is 11.6 Å². The maximum absolute atomic E-state index is 12.5. The molecular formula is C16H14ClNO. The van der Waals surface area contributed by atoms with Crippen LogP contribution < -0.4 is 4.90 Å². The van der Waals surface area contributed by atoms with Crippen molar-refractivity contribution >= 4 is 23.2 Å². The van der Waals surface area contributed by atoms with Crippen LogP contribution in [0.5, 0.6) is 0 Å². The molecule has 2 aromatic rings. The summed E-state index contributed by atoms with van der Waals surface area (Å²) in [6.45, 7) is 4.15. The minimum atomic E-state index is -0.0893. The third-order valence-corrected chi connectivity index (χ3v) is 2.93. The van der Waals surface area contributed by atoms with Crippen LogP contribution in [-0.2, 0) is 0 Å². The van der Waals surface area contributed by atoms with E-state index >= 15 is 0 Å². The second-order valence-electron chi connectivity index (χ2n) is 4.05. The van der Waals surface area contributed by atoms with Crippen molar-refractivity contribution in [1.29, 1.82) is 0 Å². The van der Waals surface area contributed by atoms with Gasteiger partial charge < -0.3 is 4.90 Å². The van der Waals surface area contributed by atoms with E-state index in [9.17, 15) is 4.79 Å². The van der Waals surface area contributed by atoms with Crippen molar-refractivity contribution in [3.8, 4) is 0 Å². The Morgan fingerprint density at radius 2 is 1.89 bits per heavy atom. The lowest BCUT2D eigenvalue weighted by atomic mass is 10.2. The normalized spacial score (nSPS) is 9.95. The highest BCUT2D eigenvalue weighted by molar-refractivity contribution is 6.31. The van der Waals surface area contributed by atoms with E-state index in [2.05, 4.69) is 6.58 Å². The van der Waals surface area contributed by atoms with Crippen molar-refractivity contribution in [3.05, 3.63) is 77.8 Å². The van der Waals surface area contributed by atoms with Crippen LogP contribution in [-0.4, -0.2) is 12.5 Å². The Balaban J connectivity index is 2.34. The number of amides is 1. The Hall–Kier alpha value is -2.06. The van der Waals surface area contributed by atoms with Crippen LogP contribution in [0.15, 0.2) is 67.3 Å². The van der Waals surface area contributed by atoms with Gasteiger partial charge in [0.05, 0.1) is 0 Å². The topological polar surface area (TPSA) is 20.3 Å². The molecule has 2 aromatic carbocycles. The molecule has 0 saturated heterocycles. The van der Waals surface area contributed by atoms with Crippen LogP contribution >= 0.6 is 11.6 Å². The molecule has 1 amide bonds. The summed E-state index contributed by atoms with van der Waals surface area (Å²) in [5, 5.41) is 0.553. The van der Waals surface area contributed by atoms with Gasteiger partial charge in [-0.3, -0.25) is 4.79 Å². The molecule has 2 nitrogen and oxygen atoms in total. The summed E-state index contributed by atoms with van der Waals surface area (Å²) in [6, 6.07) is 16.5. The highest BCUT2D eigenvalue weighted by atomic mass is 35.5. The molecule has 0 N–H and O–H groups in total. The van der Waals surface area contributed by atoms with Crippen molar-refractivity contribution in [2.24, 2.45) is 0 Å². The second-order valence-corrected chi connectivity index (χ2v) is 4.49. The number of hydrogen-bond acceptors (Lipinski definition) is 1. The van der Waals surface area contributed by atoms with Gasteiger partial charge >= 0.3 is 0 Å². The number of anilines is 1. The molecule has 0 atom stereocenters. The summed E-state index contributed by atoms with van der Waals surface area (Å²) in [6.07, 6.45) is 1.70. The van der Waals surface area contributed by atoms with Crippen LogP contribution in [0.1, 0.15) is 10.4 Å². The summed E-state index contributed by atoms with van der Waals surface area (Å²) in [4.78, 5) is 14.2. The number of rotatable bonds is 4. The molecule has 0 spiro atoms. The molecule has 0 aliphatic rings. The van der Waals surface area contributed by atoms with Gasteiger partial charge in [-0.15, -0.1) is 6.58 Å². The lowest BCUT2D eigenvalue weighted by Gasteiger charge is -2.21. The van der Waals surface area contributed by atoms with Gasteiger partial charge in [0.15, 0.2) is 0 Å². The first kappa shape index (κ1) is 13.4.